The van der Waals surface area contributed by atoms with Gasteiger partial charge in [-0.15, -0.1) is 23.2 Å². The molecule has 6 atom stereocenters. The molecule has 2 aromatic carbocycles. The van der Waals surface area contributed by atoms with Gasteiger partial charge in [0.2, 0.25) is 17.6 Å². The van der Waals surface area contributed by atoms with Gasteiger partial charge in [0.15, 0.2) is 33.0 Å². The fourth-order valence-electron chi connectivity index (χ4n) is 6.83. The van der Waals surface area contributed by atoms with E-state index in [0.717, 1.165) is 0 Å². The summed E-state index contributed by atoms with van der Waals surface area (Å²) < 4.78 is 78.1. The molecule has 1 saturated carbocycles. The zero-order valence-corrected chi connectivity index (χ0v) is 23.1. The maximum atomic E-state index is 15.0. The van der Waals surface area contributed by atoms with Crippen LogP contribution in [0.25, 0.3) is 0 Å². The number of aliphatic hydroxyl groups excluding tert-OH is 1. The Morgan fingerprint density at radius 3 is 2.19 bits per heavy atom. The molecule has 0 radical (unpaired) electrons. The SMILES string of the molecule is O=C1NC(=O)[C@H]2CC=C3[C@@H](C[C@@]4(Cl)C(=O)N(c5c(F)c(F)c(F)c(F)c5F)C(=O)[C@@]4(Cl)[C@H]3c3ccccc3OCCO)[C@@H]12. The van der Waals surface area contributed by atoms with Crippen LogP contribution in [0.5, 0.6) is 5.75 Å². The average Bonchev–Trinajstić information content (AvgIpc) is 3.36. The molecule has 2 saturated heterocycles. The van der Waals surface area contributed by atoms with Gasteiger partial charge in [-0.05, 0) is 24.8 Å². The van der Waals surface area contributed by atoms with E-state index in [1.807, 2.05) is 0 Å². The lowest BCUT2D eigenvalue weighted by molar-refractivity contribution is -0.127. The normalized spacial score (nSPS) is 31.4. The Balaban J connectivity index is 1.62. The third-order valence-electron chi connectivity index (χ3n) is 8.64. The van der Waals surface area contributed by atoms with Crippen LogP contribution in [0.1, 0.15) is 24.3 Å². The van der Waals surface area contributed by atoms with Crippen molar-refractivity contribution in [1.82, 2.24) is 5.32 Å². The van der Waals surface area contributed by atoms with Crippen molar-refractivity contribution in [3.05, 3.63) is 70.6 Å². The lowest BCUT2D eigenvalue weighted by Crippen LogP contribution is -2.60. The molecule has 0 aromatic heterocycles. The number of halogens is 7. The van der Waals surface area contributed by atoms with Crippen molar-refractivity contribution < 1.29 is 51.0 Å². The summed E-state index contributed by atoms with van der Waals surface area (Å²) in [7, 11) is 0. The number of nitrogens with zero attached hydrogens (tertiary/aromatic N) is 1. The van der Waals surface area contributed by atoms with Gasteiger partial charge >= 0.3 is 0 Å². The average molecular weight is 645 g/mol. The summed E-state index contributed by atoms with van der Waals surface area (Å²) in [5, 5.41) is 11.6. The van der Waals surface area contributed by atoms with Crippen LogP contribution in [0.3, 0.4) is 0 Å². The molecule has 0 unspecified atom stereocenters. The Hall–Kier alpha value is -3.55. The number of fused-ring (bicyclic) bond motifs is 4. The van der Waals surface area contributed by atoms with Gasteiger partial charge in [0, 0.05) is 11.5 Å². The van der Waals surface area contributed by atoms with E-state index in [-0.39, 0.29) is 34.8 Å². The van der Waals surface area contributed by atoms with Crippen LogP contribution in [0.4, 0.5) is 27.6 Å². The van der Waals surface area contributed by atoms with Crippen molar-refractivity contribution in [3.8, 4) is 5.75 Å². The van der Waals surface area contributed by atoms with Gasteiger partial charge in [0.05, 0.1) is 18.4 Å². The number of rotatable bonds is 5. The summed E-state index contributed by atoms with van der Waals surface area (Å²) in [5.74, 6) is -21.0. The van der Waals surface area contributed by atoms with Crippen molar-refractivity contribution in [2.24, 2.45) is 17.8 Å². The van der Waals surface area contributed by atoms with Gasteiger partial charge < -0.3 is 9.84 Å². The number of alkyl halides is 2. The third kappa shape index (κ3) is 3.77. The highest BCUT2D eigenvalue weighted by atomic mass is 35.5. The molecule has 2 aliphatic heterocycles. The smallest absolute Gasteiger partial charge is 0.258 e. The molecule has 4 aliphatic rings. The number of benzene rings is 2. The van der Waals surface area contributed by atoms with Crippen molar-refractivity contribution in [3.63, 3.8) is 0 Å². The molecule has 8 nitrogen and oxygen atoms in total. The van der Waals surface area contributed by atoms with E-state index in [1.165, 1.54) is 18.2 Å². The molecule has 3 fully saturated rings. The second-order valence-corrected chi connectivity index (χ2v) is 11.9. The fourth-order valence-corrected chi connectivity index (χ4v) is 7.76. The second-order valence-electron chi connectivity index (χ2n) is 10.7. The number of aliphatic hydroxyl groups is 1. The quantitative estimate of drug-likeness (QED) is 0.128. The number of amides is 4. The summed E-state index contributed by atoms with van der Waals surface area (Å²) in [6.07, 6.45) is 0.991. The molecular formula is C28H19Cl2F5N2O6. The van der Waals surface area contributed by atoms with E-state index in [1.54, 1.807) is 12.1 Å². The molecule has 0 bridgehead atoms. The highest BCUT2D eigenvalue weighted by molar-refractivity contribution is 6.58. The summed E-state index contributed by atoms with van der Waals surface area (Å²) in [6, 6.07) is 5.96. The topological polar surface area (TPSA) is 113 Å². The monoisotopic (exact) mass is 644 g/mol. The molecule has 4 amide bonds. The minimum Gasteiger partial charge on any atom is -0.491 e. The van der Waals surface area contributed by atoms with Crippen LogP contribution in [0, 0.1) is 46.8 Å². The molecule has 2 aromatic rings. The molecule has 2 heterocycles. The first kappa shape index (κ1) is 29.5. The fraction of sp³-hybridized carbons (Fsp3) is 0.357. The first-order valence-corrected chi connectivity index (χ1v) is 13.7. The van der Waals surface area contributed by atoms with E-state index in [0.29, 0.717) is 0 Å². The number of ether oxygens (including phenoxy) is 1. The van der Waals surface area contributed by atoms with E-state index >= 15 is 8.78 Å². The highest BCUT2D eigenvalue weighted by Crippen LogP contribution is 2.66. The first-order valence-electron chi connectivity index (χ1n) is 13.0. The number of nitrogens with one attached hydrogen (secondary N) is 1. The van der Waals surface area contributed by atoms with Gasteiger partial charge in [-0.3, -0.25) is 24.5 Å². The Kier molecular flexibility index (Phi) is 6.86. The largest absolute Gasteiger partial charge is 0.491 e. The van der Waals surface area contributed by atoms with Crippen LogP contribution in [-0.2, 0) is 19.2 Å². The zero-order valence-electron chi connectivity index (χ0n) is 21.6. The second kappa shape index (κ2) is 10.00. The molecule has 2 aliphatic carbocycles. The van der Waals surface area contributed by atoms with Crippen LogP contribution in [0.2, 0.25) is 0 Å². The number of carbonyl (C=O) groups excluding carboxylic acids is 4. The van der Waals surface area contributed by atoms with Crippen LogP contribution < -0.4 is 15.0 Å². The minimum atomic E-state index is -2.65. The van der Waals surface area contributed by atoms with Crippen molar-refractivity contribution >= 4 is 52.5 Å². The van der Waals surface area contributed by atoms with Crippen molar-refractivity contribution in [2.45, 2.75) is 28.5 Å². The Labute approximate surface area is 249 Å². The Morgan fingerprint density at radius 2 is 1.53 bits per heavy atom. The van der Waals surface area contributed by atoms with E-state index in [2.05, 4.69) is 5.32 Å². The molecule has 15 heteroatoms. The standard InChI is InChI=1S/C28H19Cl2F5N2O6/c29-27-9-13-10(5-6-12-15(13)24(40)36-23(12)39)16(11-3-1-2-4-14(11)43-8-7-38)28(27,30)26(42)37(25(27)41)22-20(34)18(32)17(31)19(33)21(22)35/h1-5,12-13,15-16,38H,6-9H2,(H,36,39,40)/t12-,13+,15-,16+,27+,28-/m0/s1. The van der Waals surface area contributed by atoms with E-state index in [9.17, 15) is 37.5 Å². The molecular weight excluding hydrogens is 626 g/mol. The highest BCUT2D eigenvalue weighted by Gasteiger charge is 2.77. The number of para-hydroxylation sites is 1. The van der Waals surface area contributed by atoms with E-state index in [4.69, 9.17) is 27.9 Å². The van der Waals surface area contributed by atoms with E-state index < -0.39 is 105 Å². The van der Waals surface area contributed by atoms with Gasteiger partial charge in [-0.25, -0.2) is 26.9 Å². The van der Waals surface area contributed by atoms with Gasteiger partial charge in [0.1, 0.15) is 18.0 Å². The number of imide groups is 2. The Morgan fingerprint density at radius 1 is 0.907 bits per heavy atom. The van der Waals surface area contributed by atoms with Crippen molar-refractivity contribution in [2.75, 3.05) is 18.1 Å². The van der Waals surface area contributed by atoms with Gasteiger partial charge in [-0.2, -0.15) is 0 Å². The number of allylic oxidation sites excluding steroid dienone is 2. The summed E-state index contributed by atoms with van der Waals surface area (Å²) in [6.45, 7) is -0.647. The van der Waals surface area contributed by atoms with Crippen LogP contribution in [0.15, 0.2) is 35.9 Å². The van der Waals surface area contributed by atoms with Gasteiger partial charge in [-0.1, -0.05) is 29.8 Å². The predicted octanol–water partition coefficient (Wildman–Crippen LogP) is 3.60. The minimum absolute atomic E-state index is 0.0238. The molecule has 2 N–H and O–H groups in total. The predicted molar refractivity (Wildman–Crippen MR) is 139 cm³/mol. The molecule has 43 heavy (non-hydrogen) atoms. The number of anilines is 1. The number of carbonyl (C=O) groups is 4. The maximum absolute atomic E-state index is 15.0. The lowest BCUT2D eigenvalue weighted by Gasteiger charge is -2.50. The Bertz CT molecular complexity index is 1640. The summed E-state index contributed by atoms with van der Waals surface area (Å²) in [4.78, 5) is 48.2. The van der Waals surface area contributed by atoms with Crippen LogP contribution in [-0.4, -0.2) is 51.7 Å². The third-order valence-corrected chi connectivity index (χ3v) is 10.1. The number of hydrogen-bond donors (Lipinski definition) is 2. The number of hydrogen-bond acceptors (Lipinski definition) is 6. The zero-order chi connectivity index (χ0) is 31.2. The van der Waals surface area contributed by atoms with Crippen molar-refractivity contribution in [1.29, 1.82) is 0 Å². The molecule has 6 rings (SSSR count). The first-order chi connectivity index (χ1) is 20.3. The summed E-state index contributed by atoms with van der Waals surface area (Å²) in [5.41, 5.74) is -1.44. The summed E-state index contributed by atoms with van der Waals surface area (Å²) >= 11 is 14.0. The van der Waals surface area contributed by atoms with Crippen LogP contribution >= 0.6 is 23.2 Å². The lowest BCUT2D eigenvalue weighted by atomic mass is 9.56. The van der Waals surface area contributed by atoms with Gasteiger partial charge in [0.25, 0.3) is 11.8 Å². The maximum Gasteiger partial charge on any atom is 0.258 e. The molecule has 226 valence electrons. The molecule has 0 spiro atoms.